The summed E-state index contributed by atoms with van der Waals surface area (Å²) < 4.78 is 1.61. The zero-order chi connectivity index (χ0) is 14.0. The van der Waals surface area contributed by atoms with Gasteiger partial charge in [0, 0.05) is 25.9 Å². The Morgan fingerprint density at radius 1 is 1.53 bits per heavy atom. The Bertz CT molecular complexity index is 698. The number of allylic oxidation sites excluding steroid dienone is 1. The SMILES string of the molecule is C=C(/C=N\C(N)=NC)c1nc(Cl)nc2c1cnn2C. The van der Waals surface area contributed by atoms with Crippen molar-refractivity contribution in [2.24, 2.45) is 22.8 Å². The molecule has 0 radical (unpaired) electrons. The summed E-state index contributed by atoms with van der Waals surface area (Å²) >= 11 is 5.89. The molecule has 0 bridgehead atoms. The maximum absolute atomic E-state index is 5.89. The lowest BCUT2D eigenvalue weighted by Gasteiger charge is -2.02. The predicted molar refractivity (Wildman–Crippen MR) is 76.4 cm³/mol. The minimum atomic E-state index is 0.123. The van der Waals surface area contributed by atoms with Crippen molar-refractivity contribution in [2.75, 3.05) is 7.05 Å². The van der Waals surface area contributed by atoms with Gasteiger partial charge in [-0.25, -0.2) is 9.98 Å². The summed E-state index contributed by atoms with van der Waals surface area (Å²) in [4.78, 5) is 15.9. The minimum Gasteiger partial charge on any atom is -0.368 e. The normalized spacial score (nSPS) is 12.5. The molecule has 0 saturated carbocycles. The van der Waals surface area contributed by atoms with Gasteiger partial charge in [-0.15, -0.1) is 0 Å². The van der Waals surface area contributed by atoms with Gasteiger partial charge in [0.2, 0.25) is 11.2 Å². The van der Waals surface area contributed by atoms with Gasteiger partial charge in [-0.2, -0.15) is 10.1 Å². The summed E-state index contributed by atoms with van der Waals surface area (Å²) in [5.74, 6) is 0.156. The zero-order valence-electron chi connectivity index (χ0n) is 10.5. The van der Waals surface area contributed by atoms with Crippen molar-refractivity contribution in [1.82, 2.24) is 19.7 Å². The van der Waals surface area contributed by atoms with Crippen LogP contribution in [0.15, 0.2) is 22.8 Å². The highest BCUT2D eigenvalue weighted by Crippen LogP contribution is 2.21. The van der Waals surface area contributed by atoms with Gasteiger partial charge >= 0.3 is 0 Å². The lowest BCUT2D eigenvalue weighted by Crippen LogP contribution is -2.08. The van der Waals surface area contributed by atoms with Gasteiger partial charge in [-0.1, -0.05) is 6.58 Å². The number of rotatable bonds is 2. The van der Waals surface area contributed by atoms with E-state index in [-0.39, 0.29) is 11.2 Å². The molecule has 2 N–H and O–H groups in total. The number of nitrogens with zero attached hydrogens (tertiary/aromatic N) is 6. The Morgan fingerprint density at radius 3 is 2.95 bits per heavy atom. The number of aliphatic imine (C=N–C) groups is 2. The molecule has 2 aromatic heterocycles. The van der Waals surface area contributed by atoms with Crippen molar-refractivity contribution < 1.29 is 0 Å². The molecule has 0 unspecified atom stereocenters. The molecule has 98 valence electrons. The number of guanidine groups is 1. The molecule has 0 saturated heterocycles. The lowest BCUT2D eigenvalue weighted by molar-refractivity contribution is 0.785. The van der Waals surface area contributed by atoms with Gasteiger partial charge in [-0.3, -0.25) is 9.67 Å². The smallest absolute Gasteiger partial charge is 0.225 e. The summed E-state index contributed by atoms with van der Waals surface area (Å²) in [6.45, 7) is 3.89. The van der Waals surface area contributed by atoms with E-state index in [4.69, 9.17) is 17.3 Å². The lowest BCUT2D eigenvalue weighted by atomic mass is 10.2. The molecule has 2 aromatic rings. The highest BCUT2D eigenvalue weighted by atomic mass is 35.5. The molecule has 8 heteroatoms. The average Bonchev–Trinajstić information content (AvgIpc) is 2.76. The number of hydrogen-bond acceptors (Lipinski definition) is 4. The van der Waals surface area contributed by atoms with Crippen LogP contribution in [0.3, 0.4) is 0 Å². The van der Waals surface area contributed by atoms with E-state index >= 15 is 0 Å². The summed E-state index contributed by atoms with van der Waals surface area (Å²) in [5, 5.41) is 4.98. The second-order valence-electron chi connectivity index (χ2n) is 3.71. The number of hydrogen-bond donors (Lipinski definition) is 1. The monoisotopic (exact) mass is 277 g/mol. The largest absolute Gasteiger partial charge is 0.368 e. The topological polar surface area (TPSA) is 94.3 Å². The van der Waals surface area contributed by atoms with Crippen LogP contribution in [0.4, 0.5) is 0 Å². The Morgan fingerprint density at radius 2 is 2.26 bits per heavy atom. The molecule has 0 fully saturated rings. The maximum Gasteiger partial charge on any atom is 0.225 e. The number of fused-ring (bicyclic) bond motifs is 1. The molecule has 0 aliphatic rings. The second kappa shape index (κ2) is 5.15. The van der Waals surface area contributed by atoms with Crippen LogP contribution in [0.1, 0.15) is 5.69 Å². The van der Waals surface area contributed by atoms with Crippen molar-refractivity contribution in [3.63, 3.8) is 0 Å². The molecule has 0 aromatic carbocycles. The fourth-order valence-corrected chi connectivity index (χ4v) is 1.67. The third-order valence-corrected chi connectivity index (χ3v) is 2.62. The molecule has 0 aliphatic carbocycles. The second-order valence-corrected chi connectivity index (χ2v) is 4.05. The van der Waals surface area contributed by atoms with Gasteiger partial charge < -0.3 is 5.73 Å². The molecule has 0 spiro atoms. The van der Waals surface area contributed by atoms with E-state index in [9.17, 15) is 0 Å². The summed E-state index contributed by atoms with van der Waals surface area (Å²) in [5.41, 5.74) is 7.22. The van der Waals surface area contributed by atoms with Crippen LogP contribution in [0.2, 0.25) is 5.28 Å². The standard InChI is InChI=1S/C11H12ClN7/c1-6(4-15-11(13)14-2)8-7-5-16-19(3)9(7)18-10(12)17-8/h4-5H,1H2,2-3H3,(H2,13,14)/b15-4-. The first-order valence-corrected chi connectivity index (χ1v) is 5.71. The van der Waals surface area contributed by atoms with Crippen molar-refractivity contribution in [3.8, 4) is 0 Å². The van der Waals surface area contributed by atoms with E-state index in [1.807, 2.05) is 0 Å². The number of nitrogens with two attached hydrogens (primary N) is 1. The molecule has 7 nitrogen and oxygen atoms in total. The Hall–Kier alpha value is -2.28. The van der Waals surface area contributed by atoms with E-state index in [1.54, 1.807) is 25.0 Å². The Kier molecular flexibility index (Phi) is 3.57. The van der Waals surface area contributed by atoms with E-state index in [0.717, 1.165) is 5.39 Å². The van der Waals surface area contributed by atoms with E-state index < -0.39 is 0 Å². The van der Waals surface area contributed by atoms with Gasteiger partial charge in [0.05, 0.1) is 17.3 Å². The molecule has 2 rings (SSSR count). The third-order valence-electron chi connectivity index (χ3n) is 2.45. The van der Waals surface area contributed by atoms with Crippen LogP contribution in [-0.2, 0) is 7.05 Å². The fraction of sp³-hybridized carbons (Fsp3) is 0.182. The molecule has 0 atom stereocenters. The first kappa shape index (κ1) is 13.2. The van der Waals surface area contributed by atoms with Crippen LogP contribution in [-0.4, -0.2) is 39.0 Å². The fourth-order valence-electron chi connectivity index (χ4n) is 1.50. The molecule has 19 heavy (non-hydrogen) atoms. The molecule has 2 heterocycles. The molecular weight excluding hydrogens is 266 g/mol. The van der Waals surface area contributed by atoms with Gasteiger partial charge in [-0.05, 0) is 11.6 Å². The average molecular weight is 278 g/mol. The molecule has 0 aliphatic heterocycles. The van der Waals surface area contributed by atoms with Crippen LogP contribution in [0, 0.1) is 0 Å². The van der Waals surface area contributed by atoms with Gasteiger partial charge in [0.25, 0.3) is 0 Å². The number of halogens is 1. The first-order valence-electron chi connectivity index (χ1n) is 5.33. The van der Waals surface area contributed by atoms with Crippen molar-refractivity contribution >= 4 is 40.4 Å². The summed E-state index contributed by atoms with van der Waals surface area (Å²) in [6, 6.07) is 0. The van der Waals surface area contributed by atoms with E-state index in [0.29, 0.717) is 16.9 Å². The first-order chi connectivity index (χ1) is 9.02. The van der Waals surface area contributed by atoms with Crippen molar-refractivity contribution in [2.45, 2.75) is 0 Å². The predicted octanol–water partition coefficient (Wildman–Crippen LogP) is 1.05. The van der Waals surface area contributed by atoms with Crippen LogP contribution < -0.4 is 5.73 Å². The third kappa shape index (κ3) is 2.60. The number of aromatic nitrogens is 4. The summed E-state index contributed by atoms with van der Waals surface area (Å²) in [7, 11) is 3.32. The Labute approximate surface area is 114 Å². The minimum absolute atomic E-state index is 0.123. The molecular formula is C11H12ClN7. The van der Waals surface area contributed by atoms with Crippen molar-refractivity contribution in [1.29, 1.82) is 0 Å². The van der Waals surface area contributed by atoms with Gasteiger partial charge in [0.15, 0.2) is 5.65 Å². The highest BCUT2D eigenvalue weighted by molar-refractivity contribution is 6.29. The van der Waals surface area contributed by atoms with E-state index in [2.05, 4.69) is 31.6 Å². The Balaban J connectivity index is 2.50. The number of aryl methyl sites for hydroxylation is 1. The van der Waals surface area contributed by atoms with Crippen LogP contribution in [0.5, 0.6) is 0 Å². The van der Waals surface area contributed by atoms with Crippen LogP contribution in [0.25, 0.3) is 16.6 Å². The van der Waals surface area contributed by atoms with E-state index in [1.165, 1.54) is 6.21 Å². The summed E-state index contributed by atoms with van der Waals surface area (Å²) in [6.07, 6.45) is 3.13. The van der Waals surface area contributed by atoms with Crippen LogP contribution >= 0.6 is 11.6 Å². The van der Waals surface area contributed by atoms with Gasteiger partial charge in [0.1, 0.15) is 0 Å². The zero-order valence-corrected chi connectivity index (χ0v) is 11.3. The molecule has 0 amide bonds. The quantitative estimate of drug-likeness (QED) is 0.504. The highest BCUT2D eigenvalue weighted by Gasteiger charge is 2.12. The maximum atomic E-state index is 5.89. The van der Waals surface area contributed by atoms with Crippen molar-refractivity contribution in [3.05, 3.63) is 23.8 Å².